The molecule has 4 unspecified atom stereocenters. The van der Waals surface area contributed by atoms with Gasteiger partial charge in [-0.25, -0.2) is 0 Å². The van der Waals surface area contributed by atoms with Crippen LogP contribution in [0.5, 0.6) is 0 Å². The van der Waals surface area contributed by atoms with Crippen LogP contribution < -0.4 is 10.6 Å². The van der Waals surface area contributed by atoms with E-state index in [-0.39, 0.29) is 18.0 Å². The van der Waals surface area contributed by atoms with Crippen molar-refractivity contribution < 1.29 is 14.7 Å². The molecule has 1 amide bonds. The second kappa shape index (κ2) is 5.69. The van der Waals surface area contributed by atoms with Crippen molar-refractivity contribution >= 4 is 11.9 Å². The van der Waals surface area contributed by atoms with Gasteiger partial charge in [0.2, 0.25) is 5.91 Å². The van der Waals surface area contributed by atoms with E-state index < -0.39 is 11.9 Å². The third kappa shape index (κ3) is 2.83. The molecule has 1 saturated carbocycles. The molecule has 1 saturated heterocycles. The summed E-state index contributed by atoms with van der Waals surface area (Å²) in [5.74, 6) is -0.904. The molecule has 2 rings (SSSR count). The van der Waals surface area contributed by atoms with Gasteiger partial charge in [0.05, 0.1) is 12.0 Å². The first-order chi connectivity index (χ1) is 8.59. The van der Waals surface area contributed by atoms with E-state index in [1.807, 2.05) is 0 Å². The molecule has 0 aromatic carbocycles. The molecule has 0 radical (unpaired) electrons. The van der Waals surface area contributed by atoms with Crippen molar-refractivity contribution in [1.82, 2.24) is 10.6 Å². The smallest absolute Gasteiger partial charge is 0.308 e. The standard InChI is InChI=1S/C13H22N2O3/c1-8-4-3-7-14-11(8)12(16)15-10-6-2-5-9(10)13(17)18/h8-11,14H,2-7H2,1H3,(H,15,16)(H,17,18). The Balaban J connectivity index is 1.92. The third-order valence-electron chi connectivity index (χ3n) is 4.21. The van der Waals surface area contributed by atoms with Gasteiger partial charge in [0.25, 0.3) is 0 Å². The van der Waals surface area contributed by atoms with Crippen LogP contribution in [0.4, 0.5) is 0 Å². The van der Waals surface area contributed by atoms with Gasteiger partial charge >= 0.3 is 5.97 Å². The molecule has 0 aromatic heterocycles. The lowest BCUT2D eigenvalue weighted by Gasteiger charge is -2.30. The highest BCUT2D eigenvalue weighted by Gasteiger charge is 2.36. The molecule has 2 fully saturated rings. The topological polar surface area (TPSA) is 78.4 Å². The van der Waals surface area contributed by atoms with E-state index in [0.29, 0.717) is 12.3 Å². The molecular weight excluding hydrogens is 232 g/mol. The minimum atomic E-state index is -0.789. The fraction of sp³-hybridized carbons (Fsp3) is 0.846. The molecule has 3 N–H and O–H groups in total. The summed E-state index contributed by atoms with van der Waals surface area (Å²) >= 11 is 0. The van der Waals surface area contributed by atoms with Crippen molar-refractivity contribution in [3.05, 3.63) is 0 Å². The Morgan fingerprint density at radius 1 is 1.22 bits per heavy atom. The molecule has 5 nitrogen and oxygen atoms in total. The number of carbonyl (C=O) groups excluding carboxylic acids is 1. The van der Waals surface area contributed by atoms with E-state index in [2.05, 4.69) is 17.6 Å². The van der Waals surface area contributed by atoms with Crippen LogP contribution in [0.2, 0.25) is 0 Å². The van der Waals surface area contributed by atoms with Crippen LogP contribution in [0.3, 0.4) is 0 Å². The van der Waals surface area contributed by atoms with Gasteiger partial charge in [-0.1, -0.05) is 13.3 Å². The fourth-order valence-corrected chi connectivity index (χ4v) is 3.10. The van der Waals surface area contributed by atoms with Crippen LogP contribution in [-0.2, 0) is 9.59 Å². The van der Waals surface area contributed by atoms with Crippen molar-refractivity contribution in [3.63, 3.8) is 0 Å². The molecule has 4 atom stereocenters. The van der Waals surface area contributed by atoms with Crippen LogP contribution in [0.15, 0.2) is 0 Å². The number of hydrogen-bond acceptors (Lipinski definition) is 3. The van der Waals surface area contributed by atoms with Crippen LogP contribution in [0.25, 0.3) is 0 Å². The molecule has 18 heavy (non-hydrogen) atoms. The molecule has 5 heteroatoms. The third-order valence-corrected chi connectivity index (χ3v) is 4.21. The Morgan fingerprint density at radius 2 is 2.00 bits per heavy atom. The number of nitrogens with one attached hydrogen (secondary N) is 2. The molecule has 1 aliphatic carbocycles. The minimum absolute atomic E-state index is 0.0275. The number of rotatable bonds is 3. The number of piperidine rings is 1. The van der Waals surface area contributed by atoms with E-state index in [1.165, 1.54) is 0 Å². The lowest BCUT2D eigenvalue weighted by Crippen LogP contribution is -2.54. The predicted molar refractivity (Wildman–Crippen MR) is 67.1 cm³/mol. The summed E-state index contributed by atoms with van der Waals surface area (Å²) in [5, 5.41) is 15.2. The van der Waals surface area contributed by atoms with Gasteiger partial charge in [0.15, 0.2) is 0 Å². The summed E-state index contributed by atoms with van der Waals surface area (Å²) in [4.78, 5) is 23.2. The highest BCUT2D eigenvalue weighted by molar-refractivity contribution is 5.83. The van der Waals surface area contributed by atoms with Crippen molar-refractivity contribution in [2.24, 2.45) is 11.8 Å². The van der Waals surface area contributed by atoms with E-state index in [9.17, 15) is 9.59 Å². The highest BCUT2D eigenvalue weighted by atomic mass is 16.4. The molecule has 2 aliphatic rings. The summed E-state index contributed by atoms with van der Waals surface area (Å²) in [6, 6.07) is -0.347. The fourth-order valence-electron chi connectivity index (χ4n) is 3.10. The molecule has 0 bridgehead atoms. The van der Waals surface area contributed by atoms with Crippen molar-refractivity contribution in [3.8, 4) is 0 Å². The number of hydrogen-bond donors (Lipinski definition) is 3. The molecule has 0 aromatic rings. The number of carboxylic acid groups (broad SMARTS) is 1. The Labute approximate surface area is 107 Å². The van der Waals surface area contributed by atoms with Crippen LogP contribution in [-0.4, -0.2) is 35.6 Å². The molecule has 102 valence electrons. The number of aliphatic carboxylic acids is 1. The average Bonchev–Trinajstić information content (AvgIpc) is 2.77. The van der Waals surface area contributed by atoms with Gasteiger partial charge in [0, 0.05) is 6.04 Å². The van der Waals surface area contributed by atoms with Crippen molar-refractivity contribution in [2.75, 3.05) is 6.54 Å². The zero-order valence-electron chi connectivity index (χ0n) is 10.8. The summed E-state index contributed by atoms with van der Waals surface area (Å²) in [6.07, 6.45) is 4.50. The first kappa shape index (κ1) is 13.3. The van der Waals surface area contributed by atoms with Crippen molar-refractivity contribution in [2.45, 2.75) is 51.1 Å². The maximum absolute atomic E-state index is 12.2. The van der Waals surface area contributed by atoms with Gasteiger partial charge < -0.3 is 15.7 Å². The largest absolute Gasteiger partial charge is 0.481 e. The Hall–Kier alpha value is -1.10. The SMILES string of the molecule is CC1CCCNC1C(=O)NC1CCCC1C(=O)O. The minimum Gasteiger partial charge on any atom is -0.481 e. The van der Waals surface area contributed by atoms with Crippen LogP contribution in [0, 0.1) is 11.8 Å². The lowest BCUT2D eigenvalue weighted by molar-refractivity contribution is -0.142. The normalized spacial score (nSPS) is 36.3. The van der Waals surface area contributed by atoms with Crippen molar-refractivity contribution in [1.29, 1.82) is 0 Å². The van der Waals surface area contributed by atoms with Gasteiger partial charge in [0.1, 0.15) is 0 Å². The molecular formula is C13H22N2O3. The van der Waals surface area contributed by atoms with Gasteiger partial charge in [-0.3, -0.25) is 9.59 Å². The Bertz CT molecular complexity index is 332. The number of amides is 1. The van der Waals surface area contributed by atoms with E-state index in [0.717, 1.165) is 32.2 Å². The maximum Gasteiger partial charge on any atom is 0.308 e. The second-order valence-corrected chi connectivity index (χ2v) is 5.54. The Kier molecular flexibility index (Phi) is 4.22. The predicted octanol–water partition coefficient (Wildman–Crippen LogP) is 0.744. The molecule has 0 spiro atoms. The number of carboxylic acids is 1. The van der Waals surface area contributed by atoms with Gasteiger partial charge in [-0.15, -0.1) is 0 Å². The second-order valence-electron chi connectivity index (χ2n) is 5.54. The maximum atomic E-state index is 12.2. The van der Waals surface area contributed by atoms with Gasteiger partial charge in [-0.2, -0.15) is 0 Å². The van der Waals surface area contributed by atoms with E-state index in [4.69, 9.17) is 5.11 Å². The summed E-state index contributed by atoms with van der Waals surface area (Å²) in [7, 11) is 0. The summed E-state index contributed by atoms with van der Waals surface area (Å²) in [5.41, 5.74) is 0. The first-order valence-electron chi connectivity index (χ1n) is 6.86. The van der Waals surface area contributed by atoms with E-state index >= 15 is 0 Å². The monoisotopic (exact) mass is 254 g/mol. The van der Waals surface area contributed by atoms with Crippen LogP contribution >= 0.6 is 0 Å². The highest BCUT2D eigenvalue weighted by Crippen LogP contribution is 2.26. The summed E-state index contributed by atoms with van der Waals surface area (Å²) in [6.45, 7) is 2.94. The Morgan fingerprint density at radius 3 is 2.67 bits per heavy atom. The summed E-state index contributed by atoms with van der Waals surface area (Å²) < 4.78 is 0. The average molecular weight is 254 g/mol. The quantitative estimate of drug-likeness (QED) is 0.694. The number of carbonyl (C=O) groups is 2. The molecule has 1 heterocycles. The first-order valence-corrected chi connectivity index (χ1v) is 6.86. The van der Waals surface area contributed by atoms with E-state index in [1.54, 1.807) is 0 Å². The zero-order chi connectivity index (χ0) is 13.1. The lowest BCUT2D eigenvalue weighted by atomic mass is 9.91. The molecule has 1 aliphatic heterocycles. The van der Waals surface area contributed by atoms with Crippen LogP contribution in [0.1, 0.15) is 39.0 Å². The van der Waals surface area contributed by atoms with Gasteiger partial charge in [-0.05, 0) is 38.1 Å². The zero-order valence-corrected chi connectivity index (χ0v) is 10.8.